The van der Waals surface area contributed by atoms with Gasteiger partial charge in [0.1, 0.15) is 5.82 Å². The number of hydrogen-bond donors (Lipinski definition) is 2. The number of nitrogens with zero attached hydrogens (tertiary/aromatic N) is 3. The molecule has 100 valence electrons. The molecule has 2 rings (SSSR count). The van der Waals surface area contributed by atoms with Crippen LogP contribution in [-0.4, -0.2) is 20.7 Å². The number of carbonyl (C=O) groups excluding carboxylic acids is 1. The van der Waals surface area contributed by atoms with Gasteiger partial charge in [-0.3, -0.25) is 9.48 Å². The standard InChI is InChI=1S/C13H17N5O/c1-3-10-6-9(7-12(14)16-10)13(19)15-8-11-4-5-18(2)17-11/h4-7H,3,8H2,1-2H3,(H2,14,16)(H,15,19). The number of nitrogens with two attached hydrogens (primary N) is 1. The molecule has 0 aromatic carbocycles. The van der Waals surface area contributed by atoms with Gasteiger partial charge in [0.25, 0.3) is 5.91 Å². The maximum atomic E-state index is 12.0. The number of nitrogen functional groups attached to an aromatic ring is 1. The normalized spacial score (nSPS) is 10.4. The fourth-order valence-corrected chi connectivity index (χ4v) is 1.75. The number of aromatic nitrogens is 3. The van der Waals surface area contributed by atoms with Gasteiger partial charge in [0.2, 0.25) is 0 Å². The van der Waals surface area contributed by atoms with Gasteiger partial charge in [0.15, 0.2) is 0 Å². The maximum Gasteiger partial charge on any atom is 0.251 e. The van der Waals surface area contributed by atoms with Crippen LogP contribution in [0.4, 0.5) is 5.82 Å². The van der Waals surface area contributed by atoms with Gasteiger partial charge in [-0.15, -0.1) is 0 Å². The minimum Gasteiger partial charge on any atom is -0.384 e. The van der Waals surface area contributed by atoms with Crippen molar-refractivity contribution in [2.75, 3.05) is 5.73 Å². The Morgan fingerprint density at radius 3 is 2.84 bits per heavy atom. The molecule has 0 bridgehead atoms. The van der Waals surface area contributed by atoms with E-state index in [1.54, 1.807) is 16.8 Å². The van der Waals surface area contributed by atoms with E-state index in [1.165, 1.54) is 0 Å². The highest BCUT2D eigenvalue weighted by molar-refractivity contribution is 5.94. The molecule has 0 aliphatic rings. The van der Waals surface area contributed by atoms with Gasteiger partial charge in [-0.05, 0) is 24.6 Å². The number of amides is 1. The molecule has 0 aliphatic heterocycles. The summed E-state index contributed by atoms with van der Waals surface area (Å²) in [7, 11) is 1.84. The quantitative estimate of drug-likeness (QED) is 0.853. The molecule has 3 N–H and O–H groups in total. The lowest BCUT2D eigenvalue weighted by Crippen LogP contribution is -2.23. The molecule has 0 radical (unpaired) electrons. The predicted octanol–water partition coefficient (Wildman–Crippen LogP) is 0.890. The van der Waals surface area contributed by atoms with Crippen LogP contribution >= 0.6 is 0 Å². The van der Waals surface area contributed by atoms with Gasteiger partial charge in [0, 0.05) is 24.5 Å². The number of carbonyl (C=O) groups is 1. The molecule has 2 heterocycles. The van der Waals surface area contributed by atoms with Crippen molar-refractivity contribution in [3.63, 3.8) is 0 Å². The van der Waals surface area contributed by atoms with Crippen molar-refractivity contribution in [1.29, 1.82) is 0 Å². The van der Waals surface area contributed by atoms with E-state index < -0.39 is 0 Å². The van der Waals surface area contributed by atoms with Crippen LogP contribution in [0.3, 0.4) is 0 Å². The van der Waals surface area contributed by atoms with Crippen LogP contribution in [0.1, 0.15) is 28.7 Å². The van der Waals surface area contributed by atoms with Gasteiger partial charge in [-0.25, -0.2) is 4.98 Å². The fourth-order valence-electron chi connectivity index (χ4n) is 1.75. The number of nitrogens with one attached hydrogen (secondary N) is 1. The minimum absolute atomic E-state index is 0.172. The third kappa shape index (κ3) is 3.31. The Morgan fingerprint density at radius 1 is 1.42 bits per heavy atom. The molecule has 0 saturated heterocycles. The summed E-state index contributed by atoms with van der Waals surface area (Å²) in [6, 6.07) is 5.19. The smallest absolute Gasteiger partial charge is 0.251 e. The SMILES string of the molecule is CCc1cc(C(=O)NCc2ccn(C)n2)cc(N)n1. The highest BCUT2D eigenvalue weighted by Gasteiger charge is 2.08. The molecule has 0 saturated carbocycles. The van der Waals surface area contributed by atoms with Crippen LogP contribution in [0.5, 0.6) is 0 Å². The van der Waals surface area contributed by atoms with E-state index in [0.29, 0.717) is 17.9 Å². The molecule has 0 spiro atoms. The van der Waals surface area contributed by atoms with Gasteiger partial charge in [0.05, 0.1) is 12.2 Å². The summed E-state index contributed by atoms with van der Waals surface area (Å²) >= 11 is 0. The summed E-state index contributed by atoms with van der Waals surface area (Å²) in [5.41, 5.74) is 7.83. The summed E-state index contributed by atoms with van der Waals surface area (Å²) in [4.78, 5) is 16.2. The summed E-state index contributed by atoms with van der Waals surface area (Å²) in [6.07, 6.45) is 2.58. The Hall–Kier alpha value is -2.37. The van der Waals surface area contributed by atoms with E-state index in [1.807, 2.05) is 26.2 Å². The Bertz CT molecular complexity index is 590. The lowest BCUT2D eigenvalue weighted by Gasteiger charge is -2.06. The molecule has 0 atom stereocenters. The molecular formula is C13H17N5O. The molecule has 2 aromatic rings. The zero-order valence-electron chi connectivity index (χ0n) is 11.1. The molecule has 6 nitrogen and oxygen atoms in total. The summed E-state index contributed by atoms with van der Waals surface area (Å²) in [6.45, 7) is 2.36. The number of aryl methyl sites for hydroxylation is 2. The largest absolute Gasteiger partial charge is 0.384 e. The predicted molar refractivity (Wildman–Crippen MR) is 72.4 cm³/mol. The summed E-state index contributed by atoms with van der Waals surface area (Å²) in [5, 5.41) is 7.00. The van der Waals surface area contributed by atoms with Gasteiger partial charge in [-0.2, -0.15) is 5.10 Å². The molecule has 6 heteroatoms. The first kappa shape index (κ1) is 13.1. The second-order valence-corrected chi connectivity index (χ2v) is 4.29. The number of anilines is 1. The molecule has 0 fully saturated rings. The van der Waals surface area contributed by atoms with Crippen LogP contribution in [0.2, 0.25) is 0 Å². The average molecular weight is 259 g/mol. The van der Waals surface area contributed by atoms with Crippen molar-refractivity contribution in [1.82, 2.24) is 20.1 Å². The van der Waals surface area contributed by atoms with Gasteiger partial charge < -0.3 is 11.1 Å². The zero-order valence-corrected chi connectivity index (χ0v) is 11.1. The molecule has 2 aromatic heterocycles. The van der Waals surface area contributed by atoms with Crippen LogP contribution in [0.15, 0.2) is 24.4 Å². The third-order valence-electron chi connectivity index (χ3n) is 2.72. The van der Waals surface area contributed by atoms with Crippen LogP contribution in [0, 0.1) is 0 Å². The van der Waals surface area contributed by atoms with Crippen molar-refractivity contribution in [2.24, 2.45) is 7.05 Å². The fraction of sp³-hybridized carbons (Fsp3) is 0.308. The number of rotatable bonds is 4. The summed E-state index contributed by atoms with van der Waals surface area (Å²) in [5.74, 6) is 0.191. The third-order valence-corrected chi connectivity index (χ3v) is 2.72. The van der Waals surface area contributed by atoms with Crippen molar-refractivity contribution < 1.29 is 4.79 Å². The van der Waals surface area contributed by atoms with E-state index in [2.05, 4.69) is 15.4 Å². The van der Waals surface area contributed by atoms with E-state index in [0.717, 1.165) is 17.8 Å². The Kier molecular flexibility index (Phi) is 3.79. The second kappa shape index (κ2) is 5.51. The van der Waals surface area contributed by atoms with Gasteiger partial charge in [-0.1, -0.05) is 6.92 Å². The topological polar surface area (TPSA) is 85.8 Å². The first-order chi connectivity index (χ1) is 9.08. The molecule has 1 amide bonds. The van der Waals surface area contributed by atoms with Crippen LogP contribution in [-0.2, 0) is 20.0 Å². The van der Waals surface area contributed by atoms with Crippen LogP contribution < -0.4 is 11.1 Å². The first-order valence-electron chi connectivity index (χ1n) is 6.11. The summed E-state index contributed by atoms with van der Waals surface area (Å²) < 4.78 is 1.70. The Labute approximate surface area is 111 Å². The number of pyridine rings is 1. The monoisotopic (exact) mass is 259 g/mol. The van der Waals surface area contributed by atoms with Crippen molar-refractivity contribution in [2.45, 2.75) is 19.9 Å². The first-order valence-corrected chi connectivity index (χ1v) is 6.11. The van der Waals surface area contributed by atoms with E-state index in [4.69, 9.17) is 5.73 Å². The molecular weight excluding hydrogens is 242 g/mol. The van der Waals surface area contributed by atoms with Crippen molar-refractivity contribution >= 4 is 11.7 Å². The molecule has 0 unspecified atom stereocenters. The average Bonchev–Trinajstić information content (AvgIpc) is 2.81. The highest BCUT2D eigenvalue weighted by atomic mass is 16.1. The van der Waals surface area contributed by atoms with Gasteiger partial charge >= 0.3 is 0 Å². The zero-order chi connectivity index (χ0) is 13.8. The van der Waals surface area contributed by atoms with E-state index in [9.17, 15) is 4.79 Å². The maximum absolute atomic E-state index is 12.0. The lowest BCUT2D eigenvalue weighted by atomic mass is 10.2. The van der Waals surface area contributed by atoms with Crippen molar-refractivity contribution in [3.8, 4) is 0 Å². The Morgan fingerprint density at radius 2 is 2.21 bits per heavy atom. The second-order valence-electron chi connectivity index (χ2n) is 4.29. The Balaban J connectivity index is 2.05. The van der Waals surface area contributed by atoms with E-state index in [-0.39, 0.29) is 5.91 Å². The molecule has 0 aliphatic carbocycles. The minimum atomic E-state index is -0.172. The lowest BCUT2D eigenvalue weighted by molar-refractivity contribution is 0.0950. The molecule has 19 heavy (non-hydrogen) atoms. The van der Waals surface area contributed by atoms with Crippen LogP contribution in [0.25, 0.3) is 0 Å². The van der Waals surface area contributed by atoms with E-state index >= 15 is 0 Å². The highest BCUT2D eigenvalue weighted by Crippen LogP contribution is 2.08. The number of hydrogen-bond acceptors (Lipinski definition) is 4. The van der Waals surface area contributed by atoms with Crippen molar-refractivity contribution in [3.05, 3.63) is 41.3 Å².